The van der Waals surface area contributed by atoms with Crippen molar-refractivity contribution in [1.82, 2.24) is 0 Å². The Morgan fingerprint density at radius 3 is 3.00 bits per heavy atom. The van der Waals surface area contributed by atoms with Gasteiger partial charge in [-0.2, -0.15) is 0 Å². The van der Waals surface area contributed by atoms with Gasteiger partial charge in [-0.15, -0.1) is 0 Å². The highest BCUT2D eigenvalue weighted by atomic mass is 16.5. The zero-order valence-electron chi connectivity index (χ0n) is 7.04. The number of carbonyl (C=O) groups is 1. The van der Waals surface area contributed by atoms with Gasteiger partial charge in [0.15, 0.2) is 0 Å². The minimum absolute atomic E-state index is 0.0311. The summed E-state index contributed by atoms with van der Waals surface area (Å²) in [4.78, 5) is 10.1. The highest BCUT2D eigenvalue weighted by Gasteiger charge is 2.20. The van der Waals surface area contributed by atoms with Gasteiger partial charge in [-0.25, -0.2) is 4.79 Å². The summed E-state index contributed by atoms with van der Waals surface area (Å²) in [6.07, 6.45) is 2.19. The molecule has 3 heteroatoms. The molecule has 2 unspecified atom stereocenters. The summed E-state index contributed by atoms with van der Waals surface area (Å²) in [5.74, 6) is 3.72. The molecule has 3 nitrogen and oxygen atoms in total. The van der Waals surface area contributed by atoms with E-state index in [1.807, 2.05) is 6.92 Å². The monoisotopic (exact) mass is 168 g/mol. The van der Waals surface area contributed by atoms with E-state index in [1.54, 1.807) is 0 Å². The molecule has 0 aromatic heterocycles. The first-order valence-corrected chi connectivity index (χ1v) is 4.06. The first kappa shape index (κ1) is 9.08. The third kappa shape index (κ3) is 2.55. The molecule has 0 aromatic rings. The molecule has 2 atom stereocenters. The maximum Gasteiger partial charge on any atom is 0.381 e. The lowest BCUT2D eigenvalue weighted by molar-refractivity contribution is -0.130. The van der Waals surface area contributed by atoms with Crippen molar-refractivity contribution >= 4 is 5.97 Å². The number of aliphatic carboxylic acids is 1. The fourth-order valence-electron chi connectivity index (χ4n) is 1.27. The van der Waals surface area contributed by atoms with E-state index in [0.29, 0.717) is 0 Å². The minimum Gasteiger partial charge on any atom is -0.472 e. The van der Waals surface area contributed by atoms with Gasteiger partial charge in [-0.05, 0) is 19.8 Å². The average molecular weight is 168 g/mol. The van der Waals surface area contributed by atoms with Crippen LogP contribution in [0.15, 0.2) is 0 Å². The highest BCUT2D eigenvalue weighted by molar-refractivity contribution is 5.86. The standard InChI is InChI=1S/C9H12O3/c1-7(4-5-9(10)11)8-3-2-6-12-8/h7-8H,2-3,6H2,1H3,(H,10,11). The molecule has 12 heavy (non-hydrogen) atoms. The van der Waals surface area contributed by atoms with Crippen LogP contribution in [-0.4, -0.2) is 23.8 Å². The summed E-state index contributed by atoms with van der Waals surface area (Å²) >= 11 is 0. The van der Waals surface area contributed by atoms with E-state index in [2.05, 4.69) is 11.8 Å². The molecular formula is C9H12O3. The smallest absolute Gasteiger partial charge is 0.381 e. The maximum atomic E-state index is 10.1. The van der Waals surface area contributed by atoms with Crippen LogP contribution in [0.4, 0.5) is 0 Å². The van der Waals surface area contributed by atoms with Crippen molar-refractivity contribution in [3.63, 3.8) is 0 Å². The van der Waals surface area contributed by atoms with Gasteiger partial charge >= 0.3 is 5.97 Å². The van der Waals surface area contributed by atoms with Gasteiger partial charge < -0.3 is 9.84 Å². The summed E-state index contributed by atoms with van der Waals surface area (Å²) in [5.41, 5.74) is 0. The van der Waals surface area contributed by atoms with E-state index in [9.17, 15) is 4.79 Å². The molecule has 1 aliphatic heterocycles. The molecule has 66 valence electrons. The summed E-state index contributed by atoms with van der Waals surface area (Å²) in [7, 11) is 0. The molecule has 0 amide bonds. The Labute approximate surface area is 71.7 Å². The zero-order valence-corrected chi connectivity index (χ0v) is 7.04. The second kappa shape index (κ2) is 4.13. The van der Waals surface area contributed by atoms with Crippen LogP contribution in [0.25, 0.3) is 0 Å². The topological polar surface area (TPSA) is 46.5 Å². The number of hydrogen-bond acceptors (Lipinski definition) is 2. The van der Waals surface area contributed by atoms with Gasteiger partial charge in [0.2, 0.25) is 0 Å². The summed E-state index contributed by atoms with van der Waals surface area (Å²) in [5, 5.41) is 8.29. The zero-order chi connectivity index (χ0) is 8.97. The van der Waals surface area contributed by atoms with E-state index >= 15 is 0 Å². The predicted octanol–water partition coefficient (Wildman–Crippen LogP) is 0.889. The Bertz CT molecular complexity index is 218. The van der Waals surface area contributed by atoms with Crippen LogP contribution in [-0.2, 0) is 9.53 Å². The quantitative estimate of drug-likeness (QED) is 0.591. The second-order valence-electron chi connectivity index (χ2n) is 2.91. The molecule has 0 radical (unpaired) electrons. The van der Waals surface area contributed by atoms with Crippen LogP contribution in [0.1, 0.15) is 19.8 Å². The Kier molecular flexibility index (Phi) is 3.12. The Balaban J connectivity index is 2.42. The molecular weight excluding hydrogens is 156 g/mol. The molecule has 1 rings (SSSR count). The van der Waals surface area contributed by atoms with E-state index in [-0.39, 0.29) is 12.0 Å². The third-order valence-corrected chi connectivity index (χ3v) is 1.93. The maximum absolute atomic E-state index is 10.1. The molecule has 1 fully saturated rings. The van der Waals surface area contributed by atoms with Crippen LogP contribution in [0.2, 0.25) is 0 Å². The van der Waals surface area contributed by atoms with E-state index in [1.165, 1.54) is 0 Å². The first-order valence-electron chi connectivity index (χ1n) is 4.06. The largest absolute Gasteiger partial charge is 0.472 e. The van der Waals surface area contributed by atoms with Gasteiger partial charge in [0, 0.05) is 18.4 Å². The van der Waals surface area contributed by atoms with Crippen LogP contribution in [0.3, 0.4) is 0 Å². The summed E-state index contributed by atoms with van der Waals surface area (Å²) in [6.45, 7) is 2.68. The molecule has 0 aromatic carbocycles. The van der Waals surface area contributed by atoms with Gasteiger partial charge in [0.25, 0.3) is 0 Å². The van der Waals surface area contributed by atoms with Gasteiger partial charge in [0.05, 0.1) is 6.10 Å². The van der Waals surface area contributed by atoms with Crippen LogP contribution < -0.4 is 0 Å². The van der Waals surface area contributed by atoms with Gasteiger partial charge in [0.1, 0.15) is 0 Å². The average Bonchev–Trinajstić information content (AvgIpc) is 2.51. The number of carboxylic acids is 1. The van der Waals surface area contributed by atoms with Crippen molar-refractivity contribution in [1.29, 1.82) is 0 Å². The number of carboxylic acid groups (broad SMARTS) is 1. The van der Waals surface area contributed by atoms with Crippen molar-refractivity contribution in [3.05, 3.63) is 0 Å². The van der Waals surface area contributed by atoms with Crippen LogP contribution >= 0.6 is 0 Å². The lowest BCUT2D eigenvalue weighted by Gasteiger charge is -2.11. The van der Waals surface area contributed by atoms with Gasteiger partial charge in [-0.1, -0.05) is 5.92 Å². The highest BCUT2D eigenvalue weighted by Crippen LogP contribution is 2.19. The lowest BCUT2D eigenvalue weighted by atomic mass is 10.0. The summed E-state index contributed by atoms with van der Waals surface area (Å²) in [6, 6.07) is 0. The molecule has 0 saturated carbocycles. The van der Waals surface area contributed by atoms with Crippen LogP contribution in [0, 0.1) is 17.8 Å². The fraction of sp³-hybridized carbons (Fsp3) is 0.667. The number of rotatable bonds is 1. The molecule has 1 aliphatic rings. The van der Waals surface area contributed by atoms with Crippen molar-refractivity contribution < 1.29 is 14.6 Å². The lowest BCUT2D eigenvalue weighted by Crippen LogP contribution is -2.14. The second-order valence-corrected chi connectivity index (χ2v) is 2.91. The number of hydrogen-bond donors (Lipinski definition) is 1. The molecule has 0 aliphatic carbocycles. The predicted molar refractivity (Wildman–Crippen MR) is 43.5 cm³/mol. The normalized spacial score (nSPS) is 24.2. The molecule has 0 bridgehead atoms. The molecule has 1 heterocycles. The molecule has 0 spiro atoms. The van der Waals surface area contributed by atoms with Crippen molar-refractivity contribution in [2.24, 2.45) is 5.92 Å². The Morgan fingerprint density at radius 1 is 1.75 bits per heavy atom. The van der Waals surface area contributed by atoms with E-state index in [0.717, 1.165) is 19.4 Å². The van der Waals surface area contributed by atoms with Crippen LogP contribution in [0.5, 0.6) is 0 Å². The third-order valence-electron chi connectivity index (χ3n) is 1.93. The first-order chi connectivity index (χ1) is 5.70. The SMILES string of the molecule is CC(C#CC(=O)O)C1CCCO1. The van der Waals surface area contributed by atoms with E-state index in [4.69, 9.17) is 9.84 Å². The van der Waals surface area contributed by atoms with Crippen molar-refractivity contribution in [3.8, 4) is 11.8 Å². The molecule has 1 N–H and O–H groups in total. The van der Waals surface area contributed by atoms with Crippen molar-refractivity contribution in [2.45, 2.75) is 25.9 Å². The molecule has 1 saturated heterocycles. The fourth-order valence-corrected chi connectivity index (χ4v) is 1.27. The Hall–Kier alpha value is -1.01. The van der Waals surface area contributed by atoms with Gasteiger partial charge in [-0.3, -0.25) is 0 Å². The number of ether oxygens (including phenoxy) is 1. The van der Waals surface area contributed by atoms with Crippen molar-refractivity contribution in [2.75, 3.05) is 6.61 Å². The van der Waals surface area contributed by atoms with E-state index < -0.39 is 5.97 Å². The summed E-state index contributed by atoms with van der Waals surface area (Å²) < 4.78 is 5.35. The minimum atomic E-state index is -1.07. The Morgan fingerprint density at radius 2 is 2.50 bits per heavy atom.